The number of ether oxygens (including phenoxy) is 3. The van der Waals surface area contributed by atoms with E-state index < -0.39 is 0 Å². The molecule has 0 aliphatic heterocycles. The monoisotopic (exact) mass is 289 g/mol. The highest BCUT2D eigenvalue weighted by atomic mass is 16.5. The van der Waals surface area contributed by atoms with Crippen LogP contribution in [0.1, 0.15) is 5.56 Å². The Balaban J connectivity index is 2.74. The Bertz CT molecular complexity index is 646. The molecular formula is C16H19NO4. The summed E-state index contributed by atoms with van der Waals surface area (Å²) in [6, 6.07) is 7.13. The van der Waals surface area contributed by atoms with Gasteiger partial charge in [0.2, 0.25) is 0 Å². The fourth-order valence-electron chi connectivity index (χ4n) is 2.21. The molecule has 0 radical (unpaired) electrons. The lowest BCUT2D eigenvalue weighted by molar-refractivity contribution is 0.394. The smallest absolute Gasteiger partial charge is 0.142 e. The number of hydrogen-bond acceptors (Lipinski definition) is 5. The number of aromatic hydroxyl groups is 1. The Morgan fingerprint density at radius 1 is 0.905 bits per heavy atom. The third-order valence-corrected chi connectivity index (χ3v) is 3.35. The SMILES string of the molecule is COc1cc(OC)cc(-c2c(OC)cc(C)c(O)c2N)c1. The first-order valence-corrected chi connectivity index (χ1v) is 6.41. The second-order valence-corrected chi connectivity index (χ2v) is 4.63. The zero-order valence-corrected chi connectivity index (χ0v) is 12.6. The van der Waals surface area contributed by atoms with Gasteiger partial charge in [-0.25, -0.2) is 0 Å². The van der Waals surface area contributed by atoms with E-state index in [1.807, 2.05) is 12.1 Å². The number of nitrogen functional groups attached to an aromatic ring is 1. The number of anilines is 1. The quantitative estimate of drug-likeness (QED) is 0.668. The van der Waals surface area contributed by atoms with E-state index in [4.69, 9.17) is 19.9 Å². The summed E-state index contributed by atoms with van der Waals surface area (Å²) < 4.78 is 15.9. The van der Waals surface area contributed by atoms with Crippen LogP contribution in [0.3, 0.4) is 0 Å². The molecule has 0 amide bonds. The molecule has 0 aliphatic rings. The van der Waals surface area contributed by atoms with Crippen molar-refractivity contribution in [1.29, 1.82) is 0 Å². The molecule has 5 nitrogen and oxygen atoms in total. The van der Waals surface area contributed by atoms with Gasteiger partial charge >= 0.3 is 0 Å². The first kappa shape index (κ1) is 14.8. The number of phenolic OH excluding ortho intramolecular Hbond substituents is 1. The number of benzene rings is 2. The van der Waals surface area contributed by atoms with Gasteiger partial charge in [-0.1, -0.05) is 0 Å². The van der Waals surface area contributed by atoms with Gasteiger partial charge in [-0.3, -0.25) is 0 Å². The Kier molecular flexibility index (Phi) is 4.12. The topological polar surface area (TPSA) is 73.9 Å². The summed E-state index contributed by atoms with van der Waals surface area (Å²) in [5.41, 5.74) is 8.34. The summed E-state index contributed by atoms with van der Waals surface area (Å²) in [5, 5.41) is 10.1. The van der Waals surface area contributed by atoms with Crippen LogP contribution in [0.25, 0.3) is 11.1 Å². The highest BCUT2D eigenvalue weighted by Gasteiger charge is 2.17. The molecule has 0 saturated heterocycles. The second-order valence-electron chi connectivity index (χ2n) is 4.63. The van der Waals surface area contributed by atoms with Crippen molar-refractivity contribution >= 4 is 5.69 Å². The molecule has 0 bridgehead atoms. The van der Waals surface area contributed by atoms with E-state index in [0.717, 1.165) is 5.56 Å². The van der Waals surface area contributed by atoms with Crippen LogP contribution in [-0.4, -0.2) is 26.4 Å². The van der Waals surface area contributed by atoms with E-state index in [1.165, 1.54) is 0 Å². The van der Waals surface area contributed by atoms with Gasteiger partial charge in [-0.2, -0.15) is 0 Å². The first-order chi connectivity index (χ1) is 10.0. The van der Waals surface area contributed by atoms with E-state index in [-0.39, 0.29) is 11.4 Å². The summed E-state index contributed by atoms with van der Waals surface area (Å²) >= 11 is 0. The van der Waals surface area contributed by atoms with Gasteiger partial charge in [-0.15, -0.1) is 0 Å². The fourth-order valence-corrected chi connectivity index (χ4v) is 2.21. The lowest BCUT2D eigenvalue weighted by Gasteiger charge is -2.16. The summed E-state index contributed by atoms with van der Waals surface area (Å²) in [6.07, 6.45) is 0. The number of aryl methyl sites for hydroxylation is 1. The molecule has 3 N–H and O–H groups in total. The van der Waals surface area contributed by atoms with Gasteiger partial charge in [0.1, 0.15) is 23.0 Å². The van der Waals surface area contributed by atoms with Crippen LogP contribution in [-0.2, 0) is 0 Å². The minimum Gasteiger partial charge on any atom is -0.505 e. The predicted octanol–water partition coefficient (Wildman–Crippen LogP) is 2.98. The number of nitrogens with two attached hydrogens (primary N) is 1. The third kappa shape index (κ3) is 2.67. The molecule has 5 heteroatoms. The van der Waals surface area contributed by atoms with Crippen LogP contribution in [0, 0.1) is 6.92 Å². The lowest BCUT2D eigenvalue weighted by atomic mass is 9.99. The van der Waals surface area contributed by atoms with Crippen LogP contribution in [0.5, 0.6) is 23.0 Å². The van der Waals surface area contributed by atoms with Gasteiger partial charge < -0.3 is 25.1 Å². The normalized spacial score (nSPS) is 10.3. The van der Waals surface area contributed by atoms with Crippen LogP contribution in [0.15, 0.2) is 24.3 Å². The standard InChI is InChI=1S/C16H19NO4/c1-9-5-13(21-4)14(15(17)16(9)18)10-6-11(19-2)8-12(7-10)20-3/h5-8,18H,17H2,1-4H3. The molecule has 112 valence electrons. The van der Waals surface area contributed by atoms with Crippen molar-refractivity contribution in [2.24, 2.45) is 0 Å². The number of rotatable bonds is 4. The van der Waals surface area contributed by atoms with Gasteiger partial charge in [0, 0.05) is 6.07 Å². The first-order valence-electron chi connectivity index (χ1n) is 6.41. The molecule has 0 fully saturated rings. The number of hydrogen-bond donors (Lipinski definition) is 2. The van der Waals surface area contributed by atoms with E-state index >= 15 is 0 Å². The maximum Gasteiger partial charge on any atom is 0.142 e. The minimum absolute atomic E-state index is 0.0487. The Morgan fingerprint density at radius 2 is 1.48 bits per heavy atom. The van der Waals surface area contributed by atoms with Gasteiger partial charge in [0.25, 0.3) is 0 Å². The molecule has 0 aliphatic carbocycles. The summed E-state index contributed by atoms with van der Waals surface area (Å²) in [4.78, 5) is 0. The fraction of sp³-hybridized carbons (Fsp3) is 0.250. The van der Waals surface area contributed by atoms with Crippen molar-refractivity contribution in [3.05, 3.63) is 29.8 Å². The van der Waals surface area contributed by atoms with Crippen molar-refractivity contribution in [3.8, 4) is 34.1 Å². The van der Waals surface area contributed by atoms with E-state index in [2.05, 4.69) is 0 Å². The van der Waals surface area contributed by atoms with Crippen LogP contribution in [0.4, 0.5) is 5.69 Å². The third-order valence-electron chi connectivity index (χ3n) is 3.35. The largest absolute Gasteiger partial charge is 0.505 e. The molecule has 2 rings (SSSR count). The van der Waals surface area contributed by atoms with Crippen molar-refractivity contribution in [1.82, 2.24) is 0 Å². The molecule has 0 saturated carbocycles. The molecular weight excluding hydrogens is 270 g/mol. The van der Waals surface area contributed by atoms with Crippen molar-refractivity contribution in [2.75, 3.05) is 27.1 Å². The van der Waals surface area contributed by atoms with Gasteiger partial charge in [0.15, 0.2) is 0 Å². The zero-order chi connectivity index (χ0) is 15.6. The Morgan fingerprint density at radius 3 is 1.95 bits per heavy atom. The molecule has 0 atom stereocenters. The average Bonchev–Trinajstić information content (AvgIpc) is 2.51. The van der Waals surface area contributed by atoms with Crippen molar-refractivity contribution in [3.63, 3.8) is 0 Å². The zero-order valence-electron chi connectivity index (χ0n) is 12.6. The highest BCUT2D eigenvalue weighted by Crippen LogP contribution is 2.44. The van der Waals surface area contributed by atoms with Gasteiger partial charge in [-0.05, 0) is 36.2 Å². The summed E-state index contributed by atoms with van der Waals surface area (Å²) in [7, 11) is 4.71. The average molecular weight is 289 g/mol. The highest BCUT2D eigenvalue weighted by molar-refractivity contribution is 5.87. The predicted molar refractivity (Wildman–Crippen MR) is 82.3 cm³/mol. The molecule has 21 heavy (non-hydrogen) atoms. The molecule has 0 spiro atoms. The van der Waals surface area contributed by atoms with Crippen molar-refractivity contribution in [2.45, 2.75) is 6.92 Å². The Hall–Kier alpha value is -2.56. The van der Waals surface area contributed by atoms with E-state index in [9.17, 15) is 5.11 Å². The maximum absolute atomic E-state index is 10.1. The van der Waals surface area contributed by atoms with Gasteiger partial charge in [0.05, 0.1) is 32.6 Å². The number of methoxy groups -OCH3 is 3. The van der Waals surface area contributed by atoms with Crippen LogP contribution < -0.4 is 19.9 Å². The van der Waals surface area contributed by atoms with E-state index in [1.54, 1.807) is 40.4 Å². The van der Waals surface area contributed by atoms with Crippen LogP contribution in [0.2, 0.25) is 0 Å². The van der Waals surface area contributed by atoms with E-state index in [0.29, 0.717) is 28.4 Å². The molecule has 2 aromatic carbocycles. The van der Waals surface area contributed by atoms with Crippen LogP contribution >= 0.6 is 0 Å². The minimum atomic E-state index is 0.0487. The Labute approximate surface area is 123 Å². The van der Waals surface area contributed by atoms with Crippen molar-refractivity contribution < 1.29 is 19.3 Å². The molecule has 0 heterocycles. The maximum atomic E-state index is 10.1. The molecule has 0 unspecified atom stereocenters. The second kappa shape index (κ2) is 5.83. The number of phenols is 1. The molecule has 2 aromatic rings. The summed E-state index contributed by atoms with van der Waals surface area (Å²) in [6.45, 7) is 1.77. The lowest BCUT2D eigenvalue weighted by Crippen LogP contribution is -1.98. The molecule has 0 aromatic heterocycles. The summed E-state index contributed by atoms with van der Waals surface area (Å²) in [5.74, 6) is 1.89.